The van der Waals surface area contributed by atoms with Gasteiger partial charge in [-0.05, 0) is 12.1 Å². The summed E-state index contributed by atoms with van der Waals surface area (Å²) >= 11 is 0. The Morgan fingerprint density at radius 2 is 2.33 bits per heavy atom. The summed E-state index contributed by atoms with van der Waals surface area (Å²) in [7, 11) is 0. The molecule has 0 saturated heterocycles. The first-order valence-corrected chi connectivity index (χ1v) is 4.87. The summed E-state index contributed by atoms with van der Waals surface area (Å²) in [6, 6.07) is 6.22. The number of nitriles is 1. The van der Waals surface area contributed by atoms with Crippen molar-refractivity contribution in [3.05, 3.63) is 42.7 Å². The first-order valence-electron chi connectivity index (χ1n) is 4.87. The number of hydrogen-bond donors (Lipinski definition) is 0. The second-order valence-electron chi connectivity index (χ2n) is 3.34. The Bertz CT molecular complexity index is 447. The van der Waals surface area contributed by atoms with Crippen molar-refractivity contribution in [2.24, 2.45) is 0 Å². The molecule has 0 bridgehead atoms. The first-order chi connectivity index (χ1) is 7.40. The molecule has 0 unspecified atom stereocenters. The molecule has 0 aliphatic rings. The molecule has 4 nitrogen and oxygen atoms in total. The van der Waals surface area contributed by atoms with E-state index in [4.69, 9.17) is 5.26 Å². The van der Waals surface area contributed by atoms with E-state index in [1.54, 1.807) is 12.5 Å². The van der Waals surface area contributed by atoms with Gasteiger partial charge in [0.15, 0.2) is 0 Å². The lowest BCUT2D eigenvalue weighted by atomic mass is 10.4. The number of aromatic nitrogens is 3. The number of imidazole rings is 1. The maximum Gasteiger partial charge on any atom is 0.0949 e. The Labute approximate surface area is 88.4 Å². The summed E-state index contributed by atoms with van der Waals surface area (Å²) < 4.78 is 4.11. The molecule has 2 aromatic rings. The van der Waals surface area contributed by atoms with Gasteiger partial charge in [0.2, 0.25) is 0 Å². The lowest BCUT2D eigenvalue weighted by Gasteiger charge is -2.07. The Hall–Kier alpha value is -2.02. The molecule has 0 aliphatic carbocycles. The van der Waals surface area contributed by atoms with Gasteiger partial charge in [-0.1, -0.05) is 0 Å². The molecule has 2 heterocycles. The van der Waals surface area contributed by atoms with E-state index < -0.39 is 0 Å². The van der Waals surface area contributed by atoms with Crippen LogP contribution in [0, 0.1) is 11.3 Å². The topological polar surface area (TPSA) is 46.5 Å². The second kappa shape index (κ2) is 4.47. The van der Waals surface area contributed by atoms with Crippen LogP contribution in [0.25, 0.3) is 0 Å². The third-order valence-electron chi connectivity index (χ3n) is 2.29. The molecule has 2 aromatic heterocycles. The van der Waals surface area contributed by atoms with E-state index >= 15 is 0 Å². The third kappa shape index (κ3) is 2.26. The van der Waals surface area contributed by atoms with Crippen LogP contribution in [0.2, 0.25) is 0 Å². The van der Waals surface area contributed by atoms with Gasteiger partial charge >= 0.3 is 0 Å². The van der Waals surface area contributed by atoms with Gasteiger partial charge in [0.1, 0.15) is 0 Å². The fourth-order valence-corrected chi connectivity index (χ4v) is 1.55. The maximum absolute atomic E-state index is 8.53. The highest BCUT2D eigenvalue weighted by molar-refractivity contribution is 5.08. The lowest BCUT2D eigenvalue weighted by Crippen LogP contribution is -2.05. The first kappa shape index (κ1) is 9.53. The van der Waals surface area contributed by atoms with Crippen molar-refractivity contribution in [3.8, 4) is 6.07 Å². The fraction of sp³-hybridized carbons (Fsp3) is 0.273. The molecule has 0 radical (unpaired) electrons. The Balaban J connectivity index is 2.08. The smallest absolute Gasteiger partial charge is 0.0949 e. The molecule has 0 amide bonds. The molecule has 0 atom stereocenters. The SMILES string of the molecule is N#CCCn1cccc1Cn1ccnc1. The number of nitrogens with zero attached hydrogens (tertiary/aromatic N) is 4. The standard InChI is InChI=1S/C11H12N4/c12-4-2-7-15-6-1-3-11(15)9-14-8-5-13-10-14/h1,3,5-6,8,10H,2,7,9H2. The van der Waals surface area contributed by atoms with Crippen LogP contribution in [0.5, 0.6) is 0 Å². The Kier molecular flexibility index (Phi) is 2.84. The van der Waals surface area contributed by atoms with Gasteiger partial charge in [0, 0.05) is 30.8 Å². The molecule has 2 rings (SSSR count). The molecular formula is C11H12N4. The third-order valence-corrected chi connectivity index (χ3v) is 2.29. The number of hydrogen-bond acceptors (Lipinski definition) is 2. The molecule has 4 heteroatoms. The fourth-order valence-electron chi connectivity index (χ4n) is 1.55. The van der Waals surface area contributed by atoms with Crippen LogP contribution in [0.3, 0.4) is 0 Å². The Morgan fingerprint density at radius 3 is 3.07 bits per heavy atom. The molecule has 15 heavy (non-hydrogen) atoms. The number of aryl methyl sites for hydroxylation is 1. The van der Waals surface area contributed by atoms with Crippen molar-refractivity contribution in [3.63, 3.8) is 0 Å². The van der Waals surface area contributed by atoms with Gasteiger partial charge in [-0.2, -0.15) is 5.26 Å². The lowest BCUT2D eigenvalue weighted by molar-refractivity contribution is 0.646. The molecule has 0 fully saturated rings. The zero-order valence-electron chi connectivity index (χ0n) is 8.37. The molecule has 0 spiro atoms. The zero-order chi connectivity index (χ0) is 10.5. The minimum Gasteiger partial charge on any atom is -0.349 e. The van der Waals surface area contributed by atoms with Crippen molar-refractivity contribution >= 4 is 0 Å². The summed E-state index contributed by atoms with van der Waals surface area (Å²) in [6.45, 7) is 1.56. The summed E-state index contributed by atoms with van der Waals surface area (Å²) in [5.74, 6) is 0. The summed E-state index contributed by atoms with van der Waals surface area (Å²) in [5, 5.41) is 8.53. The zero-order valence-corrected chi connectivity index (χ0v) is 8.37. The quantitative estimate of drug-likeness (QED) is 0.753. The maximum atomic E-state index is 8.53. The van der Waals surface area contributed by atoms with Crippen LogP contribution < -0.4 is 0 Å². The molecule has 0 aromatic carbocycles. The number of rotatable bonds is 4. The van der Waals surface area contributed by atoms with Crippen molar-refractivity contribution in [1.82, 2.24) is 14.1 Å². The molecule has 0 saturated carbocycles. The summed E-state index contributed by atoms with van der Waals surface area (Å²) in [5.41, 5.74) is 1.20. The molecule has 0 N–H and O–H groups in total. The van der Waals surface area contributed by atoms with E-state index in [1.165, 1.54) is 5.69 Å². The molecule has 0 aliphatic heterocycles. The molecule has 76 valence electrons. The summed E-state index contributed by atoms with van der Waals surface area (Å²) in [6.07, 6.45) is 8.04. The van der Waals surface area contributed by atoms with E-state index in [0.29, 0.717) is 6.42 Å². The minimum atomic E-state index is 0.547. The minimum absolute atomic E-state index is 0.547. The predicted molar refractivity (Wildman–Crippen MR) is 56.0 cm³/mol. The highest BCUT2D eigenvalue weighted by Crippen LogP contribution is 2.05. The van der Waals surface area contributed by atoms with Gasteiger partial charge in [0.25, 0.3) is 0 Å². The van der Waals surface area contributed by atoms with Crippen molar-refractivity contribution in [2.75, 3.05) is 0 Å². The average Bonchev–Trinajstić information content (AvgIpc) is 2.87. The van der Waals surface area contributed by atoms with E-state index in [9.17, 15) is 0 Å². The van der Waals surface area contributed by atoms with E-state index in [1.807, 2.05) is 23.0 Å². The monoisotopic (exact) mass is 200 g/mol. The van der Waals surface area contributed by atoms with Gasteiger partial charge in [-0.3, -0.25) is 0 Å². The highest BCUT2D eigenvalue weighted by Gasteiger charge is 2.00. The largest absolute Gasteiger partial charge is 0.349 e. The van der Waals surface area contributed by atoms with E-state index in [0.717, 1.165) is 13.1 Å². The van der Waals surface area contributed by atoms with Crippen LogP contribution in [0.1, 0.15) is 12.1 Å². The van der Waals surface area contributed by atoms with Crippen molar-refractivity contribution in [1.29, 1.82) is 5.26 Å². The van der Waals surface area contributed by atoms with Crippen molar-refractivity contribution in [2.45, 2.75) is 19.5 Å². The van der Waals surface area contributed by atoms with Crippen LogP contribution in [0.15, 0.2) is 37.1 Å². The second-order valence-corrected chi connectivity index (χ2v) is 3.34. The normalized spacial score (nSPS) is 10.1. The Morgan fingerprint density at radius 1 is 1.40 bits per heavy atom. The van der Waals surface area contributed by atoms with Crippen molar-refractivity contribution < 1.29 is 0 Å². The van der Waals surface area contributed by atoms with Gasteiger partial charge in [-0.15, -0.1) is 0 Å². The van der Waals surface area contributed by atoms with Gasteiger partial charge in [0.05, 0.1) is 25.4 Å². The van der Waals surface area contributed by atoms with E-state index in [-0.39, 0.29) is 0 Å². The summed E-state index contributed by atoms with van der Waals surface area (Å²) in [4.78, 5) is 4.00. The van der Waals surface area contributed by atoms with Crippen LogP contribution in [-0.4, -0.2) is 14.1 Å². The van der Waals surface area contributed by atoms with Gasteiger partial charge in [-0.25, -0.2) is 4.98 Å². The van der Waals surface area contributed by atoms with E-state index in [2.05, 4.69) is 21.7 Å². The molecular weight excluding hydrogens is 188 g/mol. The predicted octanol–water partition coefficient (Wildman–Crippen LogP) is 1.65. The average molecular weight is 200 g/mol. The van der Waals surface area contributed by atoms with Crippen LogP contribution in [-0.2, 0) is 13.1 Å². The highest BCUT2D eigenvalue weighted by atomic mass is 15.1. The van der Waals surface area contributed by atoms with Gasteiger partial charge < -0.3 is 9.13 Å². The van der Waals surface area contributed by atoms with Crippen LogP contribution >= 0.6 is 0 Å². The van der Waals surface area contributed by atoms with Crippen LogP contribution in [0.4, 0.5) is 0 Å².